The van der Waals surface area contributed by atoms with E-state index in [0.717, 1.165) is 51.3 Å². The van der Waals surface area contributed by atoms with Crippen LogP contribution >= 0.6 is 0 Å². The van der Waals surface area contributed by atoms with E-state index in [-0.39, 0.29) is 5.91 Å². The van der Waals surface area contributed by atoms with Gasteiger partial charge >= 0.3 is 0 Å². The largest absolute Gasteiger partial charge is 0.476 e. The van der Waals surface area contributed by atoms with Crippen LogP contribution in [-0.2, 0) is 9.53 Å². The summed E-state index contributed by atoms with van der Waals surface area (Å²) in [6.07, 6.45) is 2.06. The molecule has 0 N–H and O–H groups in total. The summed E-state index contributed by atoms with van der Waals surface area (Å²) in [6.45, 7) is 5.10. The molecule has 2 aliphatic heterocycles. The standard InChI is InChI=1S/C23H28N2O3/c26-23(25-15-13-24(14-16-25)18-21-12-7-17-27-21)22(19-8-3-1-4-9-19)28-20-10-5-2-6-11-20/h1-6,8-11,21-22H,7,12-18H2. The molecule has 0 radical (unpaired) electrons. The molecule has 0 spiro atoms. The molecule has 0 aliphatic carbocycles. The minimum absolute atomic E-state index is 0.0341. The van der Waals surface area contributed by atoms with Crippen molar-refractivity contribution in [3.8, 4) is 5.75 Å². The monoisotopic (exact) mass is 380 g/mol. The van der Waals surface area contributed by atoms with Gasteiger partial charge in [0.1, 0.15) is 5.75 Å². The van der Waals surface area contributed by atoms with Crippen molar-refractivity contribution >= 4 is 5.91 Å². The number of nitrogens with zero attached hydrogens (tertiary/aromatic N) is 2. The predicted octanol–water partition coefficient (Wildman–Crippen LogP) is 3.13. The van der Waals surface area contributed by atoms with Crippen molar-refractivity contribution in [1.82, 2.24) is 9.80 Å². The summed E-state index contributed by atoms with van der Waals surface area (Å²) in [5, 5.41) is 0. The number of hydrogen-bond acceptors (Lipinski definition) is 4. The number of carbonyl (C=O) groups is 1. The lowest BCUT2D eigenvalue weighted by Crippen LogP contribution is -2.51. The Morgan fingerprint density at radius 2 is 1.68 bits per heavy atom. The Morgan fingerprint density at radius 1 is 1.00 bits per heavy atom. The van der Waals surface area contributed by atoms with Gasteiger partial charge in [0.15, 0.2) is 0 Å². The highest BCUT2D eigenvalue weighted by Crippen LogP contribution is 2.25. The van der Waals surface area contributed by atoms with Crippen LogP contribution in [0.3, 0.4) is 0 Å². The minimum Gasteiger partial charge on any atom is -0.476 e. The van der Waals surface area contributed by atoms with Crippen LogP contribution in [0, 0.1) is 0 Å². The molecule has 2 heterocycles. The zero-order valence-corrected chi connectivity index (χ0v) is 16.2. The topological polar surface area (TPSA) is 42.0 Å². The quantitative estimate of drug-likeness (QED) is 0.772. The normalized spacial score (nSPS) is 21.4. The van der Waals surface area contributed by atoms with Gasteiger partial charge in [0.2, 0.25) is 6.10 Å². The third-order valence-electron chi connectivity index (χ3n) is 5.49. The minimum atomic E-state index is -0.617. The fourth-order valence-electron chi connectivity index (χ4n) is 3.92. The number of piperazine rings is 1. The maximum absolute atomic E-state index is 13.3. The first kappa shape index (κ1) is 19.0. The van der Waals surface area contributed by atoms with Crippen LogP contribution in [-0.4, -0.2) is 61.1 Å². The smallest absolute Gasteiger partial charge is 0.268 e. The number of para-hydroxylation sites is 1. The second-order valence-corrected chi connectivity index (χ2v) is 7.48. The van der Waals surface area contributed by atoms with Gasteiger partial charge in [0.25, 0.3) is 5.91 Å². The summed E-state index contributed by atoms with van der Waals surface area (Å²) in [6, 6.07) is 19.3. The number of ether oxygens (including phenoxy) is 2. The Morgan fingerprint density at radius 3 is 2.32 bits per heavy atom. The molecular weight excluding hydrogens is 352 g/mol. The van der Waals surface area contributed by atoms with Crippen molar-refractivity contribution in [2.24, 2.45) is 0 Å². The molecule has 2 atom stereocenters. The molecule has 0 bridgehead atoms. The molecule has 2 aromatic rings. The summed E-state index contributed by atoms with van der Waals surface area (Å²) in [4.78, 5) is 17.7. The second-order valence-electron chi connectivity index (χ2n) is 7.48. The molecule has 4 rings (SSSR count). The van der Waals surface area contributed by atoms with Gasteiger partial charge in [-0.15, -0.1) is 0 Å². The molecule has 5 heteroatoms. The van der Waals surface area contributed by atoms with Gasteiger partial charge in [0, 0.05) is 44.9 Å². The van der Waals surface area contributed by atoms with Gasteiger partial charge < -0.3 is 14.4 Å². The van der Waals surface area contributed by atoms with Crippen LogP contribution in [0.25, 0.3) is 0 Å². The lowest BCUT2D eigenvalue weighted by Gasteiger charge is -2.37. The van der Waals surface area contributed by atoms with E-state index in [1.807, 2.05) is 65.6 Å². The van der Waals surface area contributed by atoms with E-state index >= 15 is 0 Å². The van der Waals surface area contributed by atoms with Crippen LogP contribution in [0.1, 0.15) is 24.5 Å². The summed E-state index contributed by atoms with van der Waals surface area (Å²) >= 11 is 0. The SMILES string of the molecule is O=C(C(Oc1ccccc1)c1ccccc1)N1CCN(CC2CCCO2)CC1. The van der Waals surface area contributed by atoms with E-state index in [2.05, 4.69) is 4.90 Å². The van der Waals surface area contributed by atoms with E-state index in [4.69, 9.17) is 9.47 Å². The first-order chi connectivity index (χ1) is 13.8. The molecule has 2 aromatic carbocycles. The summed E-state index contributed by atoms with van der Waals surface area (Å²) in [5.41, 5.74) is 0.887. The third kappa shape index (κ3) is 4.72. The van der Waals surface area contributed by atoms with Gasteiger partial charge in [-0.25, -0.2) is 0 Å². The molecular formula is C23H28N2O3. The van der Waals surface area contributed by atoms with Crippen LogP contribution < -0.4 is 4.74 Å². The van der Waals surface area contributed by atoms with Crippen LogP contribution in [0.2, 0.25) is 0 Å². The van der Waals surface area contributed by atoms with E-state index in [1.54, 1.807) is 0 Å². The Labute approximate surface area is 166 Å². The molecule has 28 heavy (non-hydrogen) atoms. The molecule has 0 aromatic heterocycles. The number of hydrogen-bond donors (Lipinski definition) is 0. The number of benzene rings is 2. The van der Waals surface area contributed by atoms with Gasteiger partial charge in [-0.05, 0) is 25.0 Å². The van der Waals surface area contributed by atoms with Gasteiger partial charge in [0.05, 0.1) is 6.10 Å². The Balaban J connectivity index is 1.41. The Kier molecular flexibility index (Phi) is 6.24. The average molecular weight is 380 g/mol. The summed E-state index contributed by atoms with van der Waals surface area (Å²) in [7, 11) is 0. The predicted molar refractivity (Wildman–Crippen MR) is 108 cm³/mol. The van der Waals surface area contributed by atoms with Crippen molar-refractivity contribution in [2.45, 2.75) is 25.0 Å². The highest BCUT2D eigenvalue weighted by molar-refractivity contribution is 5.82. The first-order valence-electron chi connectivity index (χ1n) is 10.2. The molecule has 0 saturated carbocycles. The van der Waals surface area contributed by atoms with Gasteiger partial charge in [-0.2, -0.15) is 0 Å². The van der Waals surface area contributed by atoms with Crippen LogP contribution in [0.5, 0.6) is 5.75 Å². The first-order valence-corrected chi connectivity index (χ1v) is 10.2. The van der Waals surface area contributed by atoms with Crippen LogP contribution in [0.4, 0.5) is 0 Å². The van der Waals surface area contributed by atoms with Gasteiger partial charge in [-0.1, -0.05) is 48.5 Å². The fraction of sp³-hybridized carbons (Fsp3) is 0.435. The van der Waals surface area contributed by atoms with Gasteiger partial charge in [-0.3, -0.25) is 9.69 Å². The van der Waals surface area contributed by atoms with Crippen LogP contribution in [0.15, 0.2) is 60.7 Å². The molecule has 2 fully saturated rings. The second kappa shape index (κ2) is 9.22. The molecule has 1 amide bonds. The Hall–Kier alpha value is -2.37. The van der Waals surface area contributed by atoms with E-state index in [1.165, 1.54) is 6.42 Å². The van der Waals surface area contributed by atoms with E-state index in [0.29, 0.717) is 11.9 Å². The van der Waals surface area contributed by atoms with E-state index < -0.39 is 6.10 Å². The highest BCUT2D eigenvalue weighted by Gasteiger charge is 2.31. The highest BCUT2D eigenvalue weighted by atomic mass is 16.5. The lowest BCUT2D eigenvalue weighted by atomic mass is 10.1. The molecule has 2 aliphatic rings. The molecule has 2 unspecified atom stereocenters. The number of amides is 1. The summed E-state index contributed by atoms with van der Waals surface area (Å²) < 4.78 is 11.9. The van der Waals surface area contributed by atoms with E-state index in [9.17, 15) is 4.79 Å². The summed E-state index contributed by atoms with van der Waals surface area (Å²) in [5.74, 6) is 0.744. The number of rotatable bonds is 6. The van der Waals surface area contributed by atoms with Crippen molar-refractivity contribution in [1.29, 1.82) is 0 Å². The molecule has 148 valence electrons. The van der Waals surface area contributed by atoms with Crippen molar-refractivity contribution < 1.29 is 14.3 Å². The third-order valence-corrected chi connectivity index (χ3v) is 5.49. The van der Waals surface area contributed by atoms with Crippen molar-refractivity contribution in [3.63, 3.8) is 0 Å². The Bertz CT molecular complexity index is 739. The van der Waals surface area contributed by atoms with Crippen molar-refractivity contribution in [2.75, 3.05) is 39.3 Å². The zero-order chi connectivity index (χ0) is 19.2. The van der Waals surface area contributed by atoms with Crippen molar-refractivity contribution in [3.05, 3.63) is 66.2 Å². The maximum atomic E-state index is 13.3. The average Bonchev–Trinajstić information content (AvgIpc) is 3.26. The zero-order valence-electron chi connectivity index (χ0n) is 16.2. The lowest BCUT2D eigenvalue weighted by molar-refractivity contribution is -0.141. The molecule has 2 saturated heterocycles. The number of carbonyl (C=O) groups excluding carboxylic acids is 1. The molecule has 5 nitrogen and oxygen atoms in total. The maximum Gasteiger partial charge on any atom is 0.268 e. The fourth-order valence-corrected chi connectivity index (χ4v) is 3.92.